The van der Waals surface area contributed by atoms with Crippen LogP contribution >= 0.6 is 12.4 Å². The van der Waals surface area contributed by atoms with Crippen LogP contribution in [0, 0.1) is 0 Å². The van der Waals surface area contributed by atoms with Gasteiger partial charge in [0.1, 0.15) is 0 Å². The van der Waals surface area contributed by atoms with Gasteiger partial charge in [-0.2, -0.15) is 17.0 Å². The Hall–Kier alpha value is 0.120. The predicted molar refractivity (Wildman–Crippen MR) is 66.0 cm³/mol. The third kappa shape index (κ3) is 3.07. The molecule has 0 atom stereocenters. The first-order valence-corrected chi connectivity index (χ1v) is 7.07. The molecule has 0 aromatic heterocycles. The van der Waals surface area contributed by atoms with Gasteiger partial charge in [0.25, 0.3) is 10.2 Å². The van der Waals surface area contributed by atoms with Crippen LogP contribution in [0.2, 0.25) is 0 Å². The van der Waals surface area contributed by atoms with E-state index in [2.05, 4.69) is 5.32 Å². The van der Waals surface area contributed by atoms with Crippen LogP contribution in [0.4, 0.5) is 0 Å². The Labute approximate surface area is 104 Å². The molecule has 2 aliphatic rings. The van der Waals surface area contributed by atoms with Crippen LogP contribution < -0.4 is 5.32 Å². The summed E-state index contributed by atoms with van der Waals surface area (Å²) < 4.78 is 27.6. The quantitative estimate of drug-likeness (QED) is 0.770. The van der Waals surface area contributed by atoms with E-state index in [1.54, 1.807) is 8.61 Å². The summed E-state index contributed by atoms with van der Waals surface area (Å²) in [5.74, 6) is 0. The van der Waals surface area contributed by atoms with Gasteiger partial charge in [-0.3, -0.25) is 0 Å². The molecular formula is C9H20ClN3O2S. The van der Waals surface area contributed by atoms with Crippen LogP contribution in [0.15, 0.2) is 0 Å². The van der Waals surface area contributed by atoms with Crippen molar-refractivity contribution in [2.24, 2.45) is 0 Å². The summed E-state index contributed by atoms with van der Waals surface area (Å²) in [5.41, 5.74) is 0. The Kier molecular flexibility index (Phi) is 5.46. The second-order valence-electron chi connectivity index (χ2n) is 4.12. The predicted octanol–water partition coefficient (Wildman–Crippen LogP) is 0.0441. The molecule has 0 unspecified atom stereocenters. The normalized spacial score (nSPS) is 25.0. The highest BCUT2D eigenvalue weighted by Gasteiger charge is 2.31. The molecule has 96 valence electrons. The monoisotopic (exact) mass is 269 g/mol. The highest BCUT2D eigenvalue weighted by Crippen LogP contribution is 2.16. The van der Waals surface area contributed by atoms with Gasteiger partial charge in [0.2, 0.25) is 0 Å². The Morgan fingerprint density at radius 3 is 2.06 bits per heavy atom. The van der Waals surface area contributed by atoms with Crippen molar-refractivity contribution in [3.8, 4) is 0 Å². The molecule has 0 amide bonds. The summed E-state index contributed by atoms with van der Waals surface area (Å²) >= 11 is 0. The lowest BCUT2D eigenvalue weighted by Gasteiger charge is -2.25. The maximum Gasteiger partial charge on any atom is 0.282 e. The molecule has 16 heavy (non-hydrogen) atoms. The second-order valence-corrected chi connectivity index (χ2v) is 6.04. The number of hydrogen-bond acceptors (Lipinski definition) is 3. The van der Waals surface area contributed by atoms with Crippen LogP contribution in [0.5, 0.6) is 0 Å². The van der Waals surface area contributed by atoms with Gasteiger partial charge in [-0.05, 0) is 25.8 Å². The molecule has 2 saturated heterocycles. The number of nitrogens with one attached hydrogen (secondary N) is 1. The minimum absolute atomic E-state index is 0. The Morgan fingerprint density at radius 1 is 0.812 bits per heavy atom. The number of rotatable bonds is 2. The van der Waals surface area contributed by atoms with E-state index in [4.69, 9.17) is 0 Å². The van der Waals surface area contributed by atoms with E-state index >= 15 is 0 Å². The van der Waals surface area contributed by atoms with Crippen LogP contribution in [0.25, 0.3) is 0 Å². The van der Waals surface area contributed by atoms with Crippen LogP contribution in [-0.4, -0.2) is 56.3 Å². The van der Waals surface area contributed by atoms with Crippen molar-refractivity contribution >= 4 is 22.6 Å². The number of halogens is 1. The smallest absolute Gasteiger partial charge is 0.282 e. The molecule has 7 heteroatoms. The molecule has 0 aromatic carbocycles. The first-order chi connectivity index (χ1) is 7.21. The fourth-order valence-electron chi connectivity index (χ4n) is 2.13. The Bertz CT molecular complexity index is 296. The van der Waals surface area contributed by atoms with Crippen molar-refractivity contribution < 1.29 is 8.42 Å². The van der Waals surface area contributed by atoms with Gasteiger partial charge in [0.15, 0.2) is 0 Å². The molecule has 2 aliphatic heterocycles. The zero-order valence-electron chi connectivity index (χ0n) is 9.39. The largest absolute Gasteiger partial charge is 0.315 e. The van der Waals surface area contributed by atoms with E-state index in [9.17, 15) is 8.42 Å². The lowest BCUT2D eigenvalue weighted by molar-refractivity contribution is 0.372. The fourth-order valence-corrected chi connectivity index (χ4v) is 3.86. The molecule has 0 aliphatic carbocycles. The van der Waals surface area contributed by atoms with Crippen LogP contribution in [0.3, 0.4) is 0 Å². The van der Waals surface area contributed by atoms with Gasteiger partial charge >= 0.3 is 0 Å². The minimum Gasteiger partial charge on any atom is -0.315 e. The zero-order chi connectivity index (χ0) is 10.7. The molecule has 0 spiro atoms. The summed E-state index contributed by atoms with van der Waals surface area (Å²) in [6.07, 6.45) is 2.92. The van der Waals surface area contributed by atoms with E-state index in [0.29, 0.717) is 26.2 Å². The molecule has 2 fully saturated rings. The summed E-state index contributed by atoms with van der Waals surface area (Å²) in [4.78, 5) is 0. The summed E-state index contributed by atoms with van der Waals surface area (Å²) in [5, 5.41) is 3.22. The van der Waals surface area contributed by atoms with Crippen molar-refractivity contribution in [2.45, 2.75) is 19.3 Å². The molecule has 2 rings (SSSR count). The molecule has 5 nitrogen and oxygen atoms in total. The van der Waals surface area contributed by atoms with E-state index in [1.165, 1.54) is 0 Å². The highest BCUT2D eigenvalue weighted by molar-refractivity contribution is 7.86. The number of nitrogens with zero attached hydrogens (tertiary/aromatic N) is 2. The number of hydrogen-bond donors (Lipinski definition) is 1. The molecule has 0 bridgehead atoms. The molecule has 0 saturated carbocycles. The van der Waals surface area contributed by atoms with Crippen molar-refractivity contribution in [3.63, 3.8) is 0 Å². The fraction of sp³-hybridized carbons (Fsp3) is 1.00. The Balaban J connectivity index is 0.00000128. The van der Waals surface area contributed by atoms with Crippen molar-refractivity contribution in [1.29, 1.82) is 0 Å². The van der Waals surface area contributed by atoms with Gasteiger partial charge < -0.3 is 5.32 Å². The first kappa shape index (κ1) is 14.2. The molecular weight excluding hydrogens is 250 g/mol. The first-order valence-electron chi connectivity index (χ1n) is 5.67. The van der Waals surface area contributed by atoms with Crippen molar-refractivity contribution in [1.82, 2.24) is 13.9 Å². The molecule has 0 aromatic rings. The van der Waals surface area contributed by atoms with Crippen molar-refractivity contribution in [3.05, 3.63) is 0 Å². The molecule has 0 radical (unpaired) electrons. The second kappa shape index (κ2) is 6.16. The maximum atomic E-state index is 12.2. The van der Waals surface area contributed by atoms with E-state index < -0.39 is 10.2 Å². The topological polar surface area (TPSA) is 52.7 Å². The summed E-state index contributed by atoms with van der Waals surface area (Å²) in [7, 11) is -3.16. The lowest BCUT2D eigenvalue weighted by Crippen LogP contribution is -2.43. The average Bonchev–Trinajstić information content (AvgIpc) is 2.61. The molecule has 1 N–H and O–H groups in total. The highest BCUT2D eigenvalue weighted by atomic mass is 35.5. The third-order valence-electron chi connectivity index (χ3n) is 3.02. The third-order valence-corrected chi connectivity index (χ3v) is 5.05. The summed E-state index contributed by atoms with van der Waals surface area (Å²) in [6.45, 7) is 4.36. The van der Waals surface area contributed by atoms with Crippen molar-refractivity contribution in [2.75, 3.05) is 39.3 Å². The minimum atomic E-state index is -3.16. The standard InChI is InChI=1S/C9H19N3O2S.ClH/c13-15(14,11-6-1-2-7-11)12-8-3-4-10-5-9-12;/h10H,1-9H2;1H. The van der Waals surface area contributed by atoms with Gasteiger partial charge in [-0.1, -0.05) is 0 Å². The average molecular weight is 270 g/mol. The van der Waals surface area contributed by atoms with Crippen LogP contribution in [0.1, 0.15) is 19.3 Å². The van der Waals surface area contributed by atoms with E-state index in [1.807, 2.05) is 0 Å². The molecule has 2 heterocycles. The Morgan fingerprint density at radius 2 is 1.38 bits per heavy atom. The van der Waals surface area contributed by atoms with Gasteiger partial charge in [0, 0.05) is 32.7 Å². The summed E-state index contributed by atoms with van der Waals surface area (Å²) in [6, 6.07) is 0. The van der Waals surface area contributed by atoms with E-state index in [-0.39, 0.29) is 12.4 Å². The van der Waals surface area contributed by atoms with E-state index in [0.717, 1.165) is 32.4 Å². The SMILES string of the molecule is Cl.O=S(=O)(N1CCCC1)N1CCCNCC1. The van der Waals surface area contributed by atoms with Gasteiger partial charge in [0.05, 0.1) is 0 Å². The maximum absolute atomic E-state index is 12.2. The van der Waals surface area contributed by atoms with Gasteiger partial charge in [-0.15, -0.1) is 12.4 Å². The lowest BCUT2D eigenvalue weighted by atomic mass is 10.4. The zero-order valence-corrected chi connectivity index (χ0v) is 11.0. The van der Waals surface area contributed by atoms with Gasteiger partial charge in [-0.25, -0.2) is 0 Å². The van der Waals surface area contributed by atoms with Crippen LogP contribution in [-0.2, 0) is 10.2 Å².